The van der Waals surface area contributed by atoms with Crippen molar-refractivity contribution < 1.29 is 44.3 Å². The van der Waals surface area contributed by atoms with Crippen molar-refractivity contribution in [3.8, 4) is 0 Å². The van der Waals surface area contributed by atoms with Gasteiger partial charge in [0, 0.05) is 48.9 Å². The number of thiazole rings is 1. The highest BCUT2D eigenvalue weighted by atomic mass is 32.1. The molecule has 58 heavy (non-hydrogen) atoms. The van der Waals surface area contributed by atoms with Crippen molar-refractivity contribution in [2.24, 2.45) is 11.3 Å². The minimum absolute atomic E-state index is 0.0177. The highest BCUT2D eigenvalue weighted by Crippen LogP contribution is 2.33. The van der Waals surface area contributed by atoms with Crippen molar-refractivity contribution >= 4 is 40.9 Å². The topological polar surface area (TPSA) is 223 Å². The number of carbonyl (C=O) groups is 4. The zero-order chi connectivity index (χ0) is 43.4. The molecule has 0 aliphatic rings. The maximum atomic E-state index is 14.3. The summed E-state index contributed by atoms with van der Waals surface area (Å²) in [5.74, 6) is -1.59. The molecular formula is C42H68N6O9S. The van der Waals surface area contributed by atoms with E-state index >= 15 is 0 Å². The summed E-state index contributed by atoms with van der Waals surface area (Å²) >= 11 is 1.11. The molecule has 3 amide bonds. The van der Waals surface area contributed by atoms with Gasteiger partial charge >= 0.3 is 12.1 Å². The van der Waals surface area contributed by atoms with Crippen molar-refractivity contribution in [1.29, 1.82) is 0 Å². The van der Waals surface area contributed by atoms with Gasteiger partial charge in [0.25, 0.3) is 5.91 Å². The van der Waals surface area contributed by atoms with Crippen LogP contribution in [0.4, 0.5) is 10.5 Å². The van der Waals surface area contributed by atoms with Crippen molar-refractivity contribution in [3.05, 3.63) is 57.2 Å². The van der Waals surface area contributed by atoms with Gasteiger partial charge in [-0.3, -0.25) is 14.4 Å². The highest BCUT2D eigenvalue weighted by Gasteiger charge is 2.34. The summed E-state index contributed by atoms with van der Waals surface area (Å²) in [7, 11) is 1.77. The first kappa shape index (κ1) is 50.1. The predicted octanol–water partition coefficient (Wildman–Crippen LogP) is 5.24. The fourth-order valence-corrected chi connectivity index (χ4v) is 7.25. The summed E-state index contributed by atoms with van der Waals surface area (Å²) in [6.07, 6.45) is 1.91. The van der Waals surface area contributed by atoms with Gasteiger partial charge in [0.05, 0.1) is 30.8 Å². The lowest BCUT2D eigenvalue weighted by Crippen LogP contribution is -2.49. The second-order valence-electron chi connectivity index (χ2n) is 15.7. The highest BCUT2D eigenvalue weighted by molar-refractivity contribution is 7.09. The van der Waals surface area contributed by atoms with Crippen molar-refractivity contribution in [3.63, 3.8) is 0 Å². The third kappa shape index (κ3) is 16.3. The minimum atomic E-state index is -1.20. The predicted molar refractivity (Wildman–Crippen MR) is 227 cm³/mol. The van der Waals surface area contributed by atoms with Crippen LogP contribution in [0.15, 0.2) is 40.9 Å². The Kier molecular flexibility index (Phi) is 21.9. The Hall–Kier alpha value is -4.09. The van der Waals surface area contributed by atoms with Crippen LogP contribution in [-0.4, -0.2) is 112 Å². The van der Waals surface area contributed by atoms with Gasteiger partial charge in [0.1, 0.15) is 10.7 Å². The number of likely N-dealkylation sites (N-methyl/N-ethyl adjacent to an activating group) is 1. The number of anilines is 1. The number of hydrogen-bond acceptors (Lipinski definition) is 12. The molecule has 0 fully saturated rings. The molecule has 16 heteroatoms. The second-order valence-corrected chi connectivity index (χ2v) is 16.5. The van der Waals surface area contributed by atoms with Crippen LogP contribution in [0.3, 0.4) is 0 Å². The van der Waals surface area contributed by atoms with Crippen LogP contribution in [0, 0.1) is 11.3 Å². The van der Waals surface area contributed by atoms with Crippen LogP contribution >= 0.6 is 11.3 Å². The molecule has 1 aromatic carbocycles. The largest absolute Gasteiger partial charge is 0.481 e. The lowest BCUT2D eigenvalue weighted by atomic mass is 9.84. The molecule has 8 N–H and O–H groups in total. The third-order valence-corrected chi connectivity index (χ3v) is 11.0. The van der Waals surface area contributed by atoms with E-state index in [9.17, 15) is 34.5 Å². The van der Waals surface area contributed by atoms with E-state index in [1.54, 1.807) is 31.2 Å². The van der Waals surface area contributed by atoms with E-state index in [0.717, 1.165) is 60.3 Å². The lowest BCUT2D eigenvalue weighted by Gasteiger charge is -2.34. The van der Waals surface area contributed by atoms with Crippen LogP contribution in [0.25, 0.3) is 0 Å². The number of aliphatic carboxylic acids is 1. The number of ether oxygens (including phenoxy) is 1. The van der Waals surface area contributed by atoms with E-state index in [1.807, 2.05) is 52.0 Å². The monoisotopic (exact) mass is 832 g/mol. The molecule has 1 aromatic heterocycles. The Morgan fingerprint density at radius 3 is 2.29 bits per heavy atom. The first-order chi connectivity index (χ1) is 27.5. The van der Waals surface area contributed by atoms with Crippen LogP contribution in [0.5, 0.6) is 0 Å². The van der Waals surface area contributed by atoms with Gasteiger partial charge in [0.2, 0.25) is 5.91 Å². The first-order valence-electron chi connectivity index (χ1n) is 20.3. The number of benzene rings is 1. The van der Waals surface area contributed by atoms with Crippen molar-refractivity contribution in [1.82, 2.24) is 25.8 Å². The molecule has 0 bridgehead atoms. The minimum Gasteiger partial charge on any atom is -0.481 e. The molecule has 0 aliphatic carbocycles. The molecule has 5 atom stereocenters. The number of amides is 3. The molecule has 1 unspecified atom stereocenters. The number of hydrogen-bond donors (Lipinski definition) is 8. The Labute approximate surface area is 348 Å². The number of unbranched alkanes of at least 4 members (excludes halogenated alkanes) is 3. The van der Waals surface area contributed by atoms with Crippen LogP contribution in [0.1, 0.15) is 121 Å². The normalized spacial score (nSPS) is 14.1. The summed E-state index contributed by atoms with van der Waals surface area (Å²) in [4.78, 5) is 59.9. The summed E-state index contributed by atoms with van der Waals surface area (Å²) in [5.41, 5.74) is 2.06. The van der Waals surface area contributed by atoms with Crippen LogP contribution in [0.2, 0.25) is 0 Å². The number of allylic oxidation sites excluding steroid dienone is 1. The number of carboxylic acid groups (broad SMARTS) is 1. The zero-order valence-electron chi connectivity index (χ0n) is 35.6. The molecule has 2 rings (SSSR count). The smallest absolute Gasteiger partial charge is 0.407 e. The van der Waals surface area contributed by atoms with E-state index in [2.05, 4.69) is 33.2 Å². The third-order valence-electron chi connectivity index (χ3n) is 10.1. The fraction of sp³-hybridized carbons (Fsp3) is 0.643. The quantitative estimate of drug-likeness (QED) is 0.0542. The lowest BCUT2D eigenvalue weighted by molar-refractivity contribution is -0.147. The van der Waals surface area contributed by atoms with Crippen molar-refractivity contribution in [2.45, 2.75) is 124 Å². The molecule has 15 nitrogen and oxygen atoms in total. The van der Waals surface area contributed by atoms with Crippen LogP contribution in [-0.2, 0) is 20.7 Å². The Bertz CT molecular complexity index is 1610. The average molecular weight is 833 g/mol. The maximum Gasteiger partial charge on any atom is 0.407 e. The van der Waals surface area contributed by atoms with Gasteiger partial charge in [0.15, 0.2) is 6.10 Å². The Balaban J connectivity index is 2.52. The Morgan fingerprint density at radius 1 is 1.03 bits per heavy atom. The van der Waals surface area contributed by atoms with Crippen molar-refractivity contribution in [2.75, 3.05) is 45.2 Å². The molecule has 1 heterocycles. The van der Waals surface area contributed by atoms with E-state index < -0.39 is 54.3 Å². The average Bonchev–Trinajstić information content (AvgIpc) is 3.69. The molecule has 0 spiro atoms. The van der Waals surface area contributed by atoms with Gasteiger partial charge < -0.3 is 51.3 Å². The van der Waals surface area contributed by atoms with E-state index in [-0.39, 0.29) is 43.5 Å². The number of aromatic nitrogens is 1. The maximum absolute atomic E-state index is 14.3. The summed E-state index contributed by atoms with van der Waals surface area (Å²) < 4.78 is 5.92. The van der Waals surface area contributed by atoms with E-state index in [0.29, 0.717) is 30.2 Å². The van der Waals surface area contributed by atoms with Gasteiger partial charge in [-0.25, -0.2) is 9.78 Å². The molecule has 0 aliphatic heterocycles. The number of nitrogens with one attached hydrogen (secondary N) is 4. The standard InChI is InChI=1S/C42H68N6O9S/c1-9-11-12-13-19-48(39(53)36(43-8)28(5)10-2)34(27(3)4)22-35(57-41(56)45-24-32(51)25-50)38-47-33(26-58-38)37(52)46-31(23-42(6,7)40(54)55)21-29-14-16-30(17-15-29)44-18-20-49/h14-17,26,28,31-32,35-36,43-44,49-51H,9-13,18-25H2,1-8H3,(H,45,56)(H,46,52)(H,54,55)/t28-,31-,32?,35+,36-/m0/s1. The van der Waals surface area contributed by atoms with Gasteiger partial charge in [-0.2, -0.15) is 0 Å². The molecule has 0 radical (unpaired) electrons. The fourth-order valence-electron chi connectivity index (χ4n) is 6.43. The Morgan fingerprint density at radius 2 is 1.72 bits per heavy atom. The number of carbonyl (C=O) groups excluding carboxylic acids is 3. The SMILES string of the molecule is CCCCCCN(C(=O)[C@@H](NC)[C@@H](C)CC)C(C[C@@H](OC(=O)NCC(O)CO)c1nc(C(=O)N[C@@H](Cc2ccc(NCCO)cc2)CC(C)(C)C(=O)O)cs1)=C(C)C. The molecule has 0 saturated heterocycles. The molecule has 0 saturated carbocycles. The van der Waals surface area contributed by atoms with E-state index in [1.165, 1.54) is 0 Å². The number of rotatable bonds is 27. The molecular weight excluding hydrogens is 765 g/mol. The first-order valence-corrected chi connectivity index (χ1v) is 21.2. The van der Waals surface area contributed by atoms with Gasteiger partial charge in [-0.1, -0.05) is 64.2 Å². The molecule has 326 valence electrons. The summed E-state index contributed by atoms with van der Waals surface area (Å²) in [5, 5.41) is 51.8. The summed E-state index contributed by atoms with van der Waals surface area (Å²) in [6, 6.07) is 6.41. The second kappa shape index (κ2) is 25.4. The zero-order valence-corrected chi connectivity index (χ0v) is 36.4. The number of aliphatic hydroxyl groups excluding tert-OH is 3. The van der Waals surface area contributed by atoms with Gasteiger partial charge in [-0.15, -0.1) is 11.3 Å². The molecule has 2 aromatic rings. The number of carboxylic acids is 1. The van der Waals surface area contributed by atoms with Crippen LogP contribution < -0.4 is 21.3 Å². The number of alkyl carbamates (subject to hydrolysis) is 1. The van der Waals surface area contributed by atoms with Gasteiger partial charge in [-0.05, 0) is 77.6 Å². The van der Waals surface area contributed by atoms with E-state index in [4.69, 9.17) is 9.84 Å². The number of nitrogens with zero attached hydrogens (tertiary/aromatic N) is 2. The number of aliphatic hydroxyl groups is 3. The summed E-state index contributed by atoms with van der Waals surface area (Å²) in [6.45, 7) is 13.2.